The Morgan fingerprint density at radius 2 is 1.96 bits per heavy atom. The first-order valence-corrected chi connectivity index (χ1v) is 9.71. The van der Waals surface area contributed by atoms with E-state index in [2.05, 4.69) is 54.3 Å². The fraction of sp³-hybridized carbons (Fsp3) is 0.524. The predicted molar refractivity (Wildman–Crippen MR) is 109 cm³/mol. The second-order valence-electron chi connectivity index (χ2n) is 6.68. The Balaban J connectivity index is 1.87. The molecule has 2 aromatic rings. The van der Waals surface area contributed by atoms with Crippen LogP contribution in [0.2, 0.25) is 0 Å². The maximum Gasteiger partial charge on any atom is 0.222 e. The minimum absolute atomic E-state index is 0.263. The van der Waals surface area contributed by atoms with Crippen molar-refractivity contribution in [1.29, 1.82) is 0 Å². The van der Waals surface area contributed by atoms with Gasteiger partial charge in [-0.05, 0) is 49.3 Å². The standard InChI is InChI=1S/C21H32N4O/c1-4-6-12-23-20-19(15-24-21(22)25-20)26-13-7-9-17-11-10-16(3)18(14-17)8-5-2/h10-11,14-15H,4-9,12-13H2,1-3H3,(H3,22,23,24,25). The molecule has 26 heavy (non-hydrogen) atoms. The summed E-state index contributed by atoms with van der Waals surface area (Å²) in [5.41, 5.74) is 9.91. The van der Waals surface area contributed by atoms with Gasteiger partial charge >= 0.3 is 0 Å². The summed E-state index contributed by atoms with van der Waals surface area (Å²) in [6, 6.07) is 6.78. The number of aryl methyl sites for hydroxylation is 3. The molecule has 2 rings (SSSR count). The van der Waals surface area contributed by atoms with E-state index >= 15 is 0 Å². The molecule has 0 amide bonds. The molecule has 0 atom stereocenters. The Bertz CT molecular complexity index is 688. The highest BCUT2D eigenvalue weighted by Gasteiger charge is 2.07. The number of nitrogens with two attached hydrogens (primary N) is 1. The lowest BCUT2D eigenvalue weighted by Gasteiger charge is -2.12. The summed E-state index contributed by atoms with van der Waals surface area (Å²) in [6.45, 7) is 8.05. The summed E-state index contributed by atoms with van der Waals surface area (Å²) in [5.74, 6) is 1.62. The van der Waals surface area contributed by atoms with Gasteiger partial charge < -0.3 is 15.8 Å². The molecule has 1 aromatic carbocycles. The van der Waals surface area contributed by atoms with Crippen molar-refractivity contribution in [3.8, 4) is 5.75 Å². The molecule has 0 saturated heterocycles. The van der Waals surface area contributed by atoms with Gasteiger partial charge in [0.1, 0.15) is 0 Å². The van der Waals surface area contributed by atoms with Crippen molar-refractivity contribution >= 4 is 11.8 Å². The van der Waals surface area contributed by atoms with Crippen molar-refractivity contribution in [3.05, 3.63) is 41.1 Å². The lowest BCUT2D eigenvalue weighted by Crippen LogP contribution is -2.09. The molecule has 0 spiro atoms. The van der Waals surface area contributed by atoms with Gasteiger partial charge in [0.2, 0.25) is 5.95 Å². The average Bonchev–Trinajstić information content (AvgIpc) is 2.63. The summed E-state index contributed by atoms with van der Waals surface area (Å²) < 4.78 is 5.90. The molecule has 1 aromatic heterocycles. The van der Waals surface area contributed by atoms with Gasteiger partial charge in [-0.3, -0.25) is 0 Å². The van der Waals surface area contributed by atoms with Crippen LogP contribution in [0.3, 0.4) is 0 Å². The highest BCUT2D eigenvalue weighted by molar-refractivity contribution is 5.51. The Morgan fingerprint density at radius 1 is 1.12 bits per heavy atom. The van der Waals surface area contributed by atoms with Crippen LogP contribution in [0, 0.1) is 6.92 Å². The fourth-order valence-corrected chi connectivity index (χ4v) is 2.88. The smallest absolute Gasteiger partial charge is 0.222 e. The van der Waals surface area contributed by atoms with Crippen molar-refractivity contribution in [1.82, 2.24) is 9.97 Å². The van der Waals surface area contributed by atoms with Gasteiger partial charge in [-0.1, -0.05) is 44.9 Å². The van der Waals surface area contributed by atoms with Crippen LogP contribution in [0.1, 0.15) is 56.2 Å². The quantitative estimate of drug-likeness (QED) is 0.578. The number of rotatable bonds is 11. The summed E-state index contributed by atoms with van der Waals surface area (Å²) in [6.07, 6.45) is 8.14. The summed E-state index contributed by atoms with van der Waals surface area (Å²) in [4.78, 5) is 8.30. The first-order valence-electron chi connectivity index (χ1n) is 9.71. The van der Waals surface area contributed by atoms with Gasteiger partial charge in [-0.25, -0.2) is 4.98 Å². The number of hydrogen-bond acceptors (Lipinski definition) is 5. The van der Waals surface area contributed by atoms with Crippen molar-refractivity contribution in [2.45, 2.75) is 59.3 Å². The Kier molecular flexibility index (Phi) is 8.19. The third-order valence-corrected chi connectivity index (χ3v) is 4.40. The monoisotopic (exact) mass is 356 g/mol. The van der Waals surface area contributed by atoms with Crippen molar-refractivity contribution in [2.75, 3.05) is 24.2 Å². The van der Waals surface area contributed by atoms with Crippen molar-refractivity contribution in [2.24, 2.45) is 0 Å². The molecule has 0 fully saturated rings. The lowest BCUT2D eigenvalue weighted by molar-refractivity contribution is 0.310. The molecule has 0 aliphatic rings. The Morgan fingerprint density at radius 3 is 2.73 bits per heavy atom. The number of nitrogen functional groups attached to an aromatic ring is 1. The second kappa shape index (κ2) is 10.6. The van der Waals surface area contributed by atoms with E-state index in [1.54, 1.807) is 6.20 Å². The zero-order valence-electron chi connectivity index (χ0n) is 16.3. The van der Waals surface area contributed by atoms with E-state index in [0.29, 0.717) is 18.2 Å². The summed E-state index contributed by atoms with van der Waals surface area (Å²) >= 11 is 0. The molecule has 0 unspecified atom stereocenters. The number of unbranched alkanes of at least 4 members (excludes halogenated alkanes) is 1. The minimum Gasteiger partial charge on any atom is -0.488 e. The van der Waals surface area contributed by atoms with Crippen molar-refractivity contribution in [3.63, 3.8) is 0 Å². The fourth-order valence-electron chi connectivity index (χ4n) is 2.88. The number of ether oxygens (including phenoxy) is 1. The number of nitrogens with zero attached hydrogens (tertiary/aromatic N) is 2. The molecule has 1 heterocycles. The van der Waals surface area contributed by atoms with E-state index < -0.39 is 0 Å². The average molecular weight is 357 g/mol. The third kappa shape index (κ3) is 6.21. The molecular weight excluding hydrogens is 324 g/mol. The number of nitrogens with one attached hydrogen (secondary N) is 1. The highest BCUT2D eigenvalue weighted by atomic mass is 16.5. The molecule has 5 nitrogen and oxygen atoms in total. The summed E-state index contributed by atoms with van der Waals surface area (Å²) in [5, 5.41) is 3.29. The van der Waals surface area contributed by atoms with Gasteiger partial charge in [0, 0.05) is 6.54 Å². The highest BCUT2D eigenvalue weighted by Crippen LogP contribution is 2.22. The second-order valence-corrected chi connectivity index (χ2v) is 6.68. The van der Waals surface area contributed by atoms with Gasteiger partial charge in [-0.2, -0.15) is 4.98 Å². The van der Waals surface area contributed by atoms with Crippen LogP contribution in [0.25, 0.3) is 0 Å². The molecule has 0 bridgehead atoms. The molecule has 5 heteroatoms. The maximum atomic E-state index is 5.90. The normalized spacial score (nSPS) is 10.7. The zero-order chi connectivity index (χ0) is 18.8. The van der Waals surface area contributed by atoms with Gasteiger partial charge in [0.15, 0.2) is 11.6 Å². The number of anilines is 2. The molecular formula is C21H32N4O. The lowest BCUT2D eigenvalue weighted by atomic mass is 9.99. The van der Waals surface area contributed by atoms with Crippen LogP contribution in [0.15, 0.2) is 24.4 Å². The van der Waals surface area contributed by atoms with E-state index in [0.717, 1.165) is 38.6 Å². The topological polar surface area (TPSA) is 73.1 Å². The van der Waals surface area contributed by atoms with Gasteiger partial charge in [-0.15, -0.1) is 0 Å². The predicted octanol–water partition coefficient (Wildman–Crippen LogP) is 4.54. The first-order chi connectivity index (χ1) is 12.6. The number of benzene rings is 1. The number of aromatic nitrogens is 2. The number of hydrogen-bond donors (Lipinski definition) is 2. The molecule has 0 radical (unpaired) electrons. The summed E-state index contributed by atoms with van der Waals surface area (Å²) in [7, 11) is 0. The van der Waals surface area contributed by atoms with Crippen LogP contribution >= 0.6 is 0 Å². The molecule has 0 aliphatic heterocycles. The SMILES string of the molecule is CCCCNc1nc(N)ncc1OCCCc1ccc(C)c(CCC)c1. The van der Waals surface area contributed by atoms with E-state index in [4.69, 9.17) is 10.5 Å². The van der Waals surface area contributed by atoms with E-state index in [9.17, 15) is 0 Å². The van der Waals surface area contributed by atoms with Crippen LogP contribution in [-0.4, -0.2) is 23.1 Å². The van der Waals surface area contributed by atoms with Crippen LogP contribution < -0.4 is 15.8 Å². The van der Waals surface area contributed by atoms with Crippen LogP contribution in [0.4, 0.5) is 11.8 Å². The molecule has 0 aliphatic carbocycles. The first kappa shape index (κ1) is 20.0. The zero-order valence-corrected chi connectivity index (χ0v) is 16.3. The third-order valence-electron chi connectivity index (χ3n) is 4.40. The van der Waals surface area contributed by atoms with Crippen molar-refractivity contribution < 1.29 is 4.74 Å². The maximum absolute atomic E-state index is 5.90. The molecule has 0 saturated carbocycles. The molecule has 3 N–H and O–H groups in total. The Labute approximate surface area is 157 Å². The molecule has 142 valence electrons. The van der Waals surface area contributed by atoms with Gasteiger partial charge in [0.25, 0.3) is 0 Å². The largest absolute Gasteiger partial charge is 0.488 e. The minimum atomic E-state index is 0.263. The Hall–Kier alpha value is -2.30. The van der Waals surface area contributed by atoms with E-state index in [-0.39, 0.29) is 5.95 Å². The van der Waals surface area contributed by atoms with E-state index in [1.807, 2.05) is 0 Å². The van der Waals surface area contributed by atoms with Gasteiger partial charge in [0.05, 0.1) is 12.8 Å². The van der Waals surface area contributed by atoms with Crippen LogP contribution in [0.5, 0.6) is 5.75 Å². The van der Waals surface area contributed by atoms with Crippen LogP contribution in [-0.2, 0) is 12.8 Å². The van der Waals surface area contributed by atoms with E-state index in [1.165, 1.54) is 23.1 Å².